The fraction of sp³-hybridized carbons (Fsp3) is 0.714. The van der Waals surface area contributed by atoms with Crippen LogP contribution in [0.3, 0.4) is 0 Å². The lowest BCUT2D eigenvalue weighted by Gasteiger charge is -2.17. The quantitative estimate of drug-likeness (QED) is 0.801. The molecule has 0 spiro atoms. The van der Waals surface area contributed by atoms with Gasteiger partial charge in [-0.15, -0.1) is 0 Å². The van der Waals surface area contributed by atoms with Crippen LogP contribution in [0, 0.1) is 5.92 Å². The van der Waals surface area contributed by atoms with Crippen LogP contribution in [0.25, 0.3) is 0 Å². The van der Waals surface area contributed by atoms with E-state index in [-0.39, 0.29) is 5.41 Å². The van der Waals surface area contributed by atoms with Crippen molar-refractivity contribution in [1.29, 1.82) is 0 Å². The smallest absolute Gasteiger partial charge is 0.218 e. The van der Waals surface area contributed by atoms with Crippen LogP contribution in [0.2, 0.25) is 0 Å². The first-order chi connectivity index (χ1) is 8.79. The predicted molar refractivity (Wildman–Crippen MR) is 76.3 cm³/mol. The molecule has 0 radical (unpaired) electrons. The lowest BCUT2D eigenvalue weighted by atomic mass is 9.96. The Bertz CT molecular complexity index is 400. The molecule has 0 aliphatic rings. The number of nitrogens with two attached hydrogens (primary N) is 1. The second-order valence-electron chi connectivity index (χ2n) is 6.02. The first-order valence-electron chi connectivity index (χ1n) is 6.64. The highest BCUT2D eigenvalue weighted by Crippen LogP contribution is 2.22. The number of nitrogen functional groups attached to an aromatic ring is 1. The molecule has 0 aromatic carbocycles. The maximum Gasteiger partial charge on any atom is 0.218 e. The molecule has 0 saturated heterocycles. The Kier molecular flexibility index (Phi) is 5.54. The van der Waals surface area contributed by atoms with Crippen LogP contribution in [0.1, 0.15) is 40.4 Å². The van der Waals surface area contributed by atoms with Gasteiger partial charge in [-0.05, 0) is 5.92 Å². The summed E-state index contributed by atoms with van der Waals surface area (Å²) in [6.07, 6.45) is 0. The molecule has 0 aliphatic carbocycles. The molecule has 0 saturated carbocycles. The highest BCUT2D eigenvalue weighted by molar-refractivity contribution is 5.34. The van der Waals surface area contributed by atoms with Gasteiger partial charge in [0.2, 0.25) is 5.88 Å². The van der Waals surface area contributed by atoms with Crippen molar-refractivity contribution in [1.82, 2.24) is 9.97 Å². The number of hydrogen-bond acceptors (Lipinski definition) is 5. The molecule has 0 unspecified atom stereocenters. The molecule has 1 heterocycles. The molecule has 1 rings (SSSR count). The molecule has 1 aromatic rings. The topological polar surface area (TPSA) is 70.3 Å². The Morgan fingerprint density at radius 1 is 1.21 bits per heavy atom. The summed E-state index contributed by atoms with van der Waals surface area (Å²) in [5.41, 5.74) is 5.61. The summed E-state index contributed by atoms with van der Waals surface area (Å²) in [5, 5.41) is 0. The molecular formula is C14H25N3O2. The summed E-state index contributed by atoms with van der Waals surface area (Å²) in [7, 11) is 0. The van der Waals surface area contributed by atoms with Crippen molar-refractivity contribution in [3.63, 3.8) is 0 Å². The van der Waals surface area contributed by atoms with E-state index in [1.54, 1.807) is 6.07 Å². The first-order valence-corrected chi connectivity index (χ1v) is 6.64. The second kappa shape index (κ2) is 6.70. The average Bonchev–Trinajstić information content (AvgIpc) is 2.26. The van der Waals surface area contributed by atoms with Crippen molar-refractivity contribution in [3.8, 4) is 5.88 Å². The number of hydrogen-bond donors (Lipinski definition) is 1. The highest BCUT2D eigenvalue weighted by atomic mass is 16.5. The summed E-state index contributed by atoms with van der Waals surface area (Å²) in [4.78, 5) is 8.60. The molecule has 0 bridgehead atoms. The summed E-state index contributed by atoms with van der Waals surface area (Å²) >= 11 is 0. The van der Waals surface area contributed by atoms with Crippen LogP contribution >= 0.6 is 0 Å². The zero-order chi connectivity index (χ0) is 14.5. The van der Waals surface area contributed by atoms with Gasteiger partial charge >= 0.3 is 0 Å². The number of nitrogens with zero attached hydrogens (tertiary/aromatic N) is 2. The van der Waals surface area contributed by atoms with Crippen LogP contribution in [-0.2, 0) is 10.2 Å². The van der Waals surface area contributed by atoms with Crippen molar-refractivity contribution in [2.75, 3.05) is 25.6 Å². The van der Waals surface area contributed by atoms with E-state index in [1.165, 1.54) is 0 Å². The van der Waals surface area contributed by atoms with Crippen molar-refractivity contribution in [2.45, 2.75) is 40.0 Å². The van der Waals surface area contributed by atoms with E-state index in [2.05, 4.69) is 23.8 Å². The van der Waals surface area contributed by atoms with E-state index in [0.717, 1.165) is 6.61 Å². The van der Waals surface area contributed by atoms with Gasteiger partial charge in [-0.3, -0.25) is 0 Å². The third kappa shape index (κ3) is 5.87. The molecule has 0 amide bonds. The van der Waals surface area contributed by atoms with Crippen LogP contribution in [-0.4, -0.2) is 29.8 Å². The molecular weight excluding hydrogens is 242 g/mol. The van der Waals surface area contributed by atoms with E-state index in [0.29, 0.717) is 36.7 Å². The largest absolute Gasteiger partial charge is 0.475 e. The van der Waals surface area contributed by atoms with Crippen molar-refractivity contribution >= 4 is 5.82 Å². The SMILES string of the molecule is CC(C)COCCOc1cc(N)nc(C(C)(C)C)n1. The summed E-state index contributed by atoms with van der Waals surface area (Å²) < 4.78 is 11.0. The fourth-order valence-electron chi connectivity index (χ4n) is 1.38. The van der Waals surface area contributed by atoms with Crippen LogP contribution in [0.4, 0.5) is 5.82 Å². The number of ether oxygens (including phenoxy) is 2. The lowest BCUT2D eigenvalue weighted by molar-refractivity contribution is 0.0804. The molecule has 19 heavy (non-hydrogen) atoms. The van der Waals surface area contributed by atoms with Gasteiger partial charge in [-0.25, -0.2) is 4.98 Å². The van der Waals surface area contributed by atoms with E-state index in [9.17, 15) is 0 Å². The highest BCUT2D eigenvalue weighted by Gasteiger charge is 2.19. The summed E-state index contributed by atoms with van der Waals surface area (Å²) in [5.74, 6) is 2.15. The average molecular weight is 267 g/mol. The zero-order valence-electron chi connectivity index (χ0n) is 12.6. The van der Waals surface area contributed by atoms with E-state index in [4.69, 9.17) is 15.2 Å². The number of anilines is 1. The van der Waals surface area contributed by atoms with Gasteiger partial charge < -0.3 is 15.2 Å². The van der Waals surface area contributed by atoms with Gasteiger partial charge in [-0.1, -0.05) is 34.6 Å². The van der Waals surface area contributed by atoms with Crippen LogP contribution < -0.4 is 10.5 Å². The van der Waals surface area contributed by atoms with Crippen molar-refractivity contribution in [3.05, 3.63) is 11.9 Å². The molecule has 1 aromatic heterocycles. The molecule has 5 nitrogen and oxygen atoms in total. The molecule has 2 N–H and O–H groups in total. The Balaban J connectivity index is 2.52. The standard InChI is InChI=1S/C14H25N3O2/c1-10(2)9-18-6-7-19-12-8-11(15)16-13(17-12)14(3,4)5/h8,10H,6-7,9H2,1-5H3,(H2,15,16,17). The van der Waals surface area contributed by atoms with E-state index < -0.39 is 0 Å². The van der Waals surface area contributed by atoms with Crippen molar-refractivity contribution < 1.29 is 9.47 Å². The Morgan fingerprint density at radius 2 is 1.89 bits per heavy atom. The van der Waals surface area contributed by atoms with Gasteiger partial charge in [0, 0.05) is 18.1 Å². The first kappa shape index (κ1) is 15.7. The maximum absolute atomic E-state index is 5.76. The number of rotatable bonds is 6. The maximum atomic E-state index is 5.76. The zero-order valence-corrected chi connectivity index (χ0v) is 12.6. The van der Waals surface area contributed by atoms with Gasteiger partial charge in [0.1, 0.15) is 18.2 Å². The summed E-state index contributed by atoms with van der Waals surface area (Å²) in [6, 6.07) is 1.64. The van der Waals surface area contributed by atoms with E-state index in [1.807, 2.05) is 20.8 Å². The minimum Gasteiger partial charge on any atom is -0.475 e. The molecule has 0 atom stereocenters. The molecule has 108 valence electrons. The second-order valence-corrected chi connectivity index (χ2v) is 6.02. The van der Waals surface area contributed by atoms with Gasteiger partial charge in [-0.2, -0.15) is 4.98 Å². The minimum atomic E-state index is -0.151. The predicted octanol–water partition coefficient (Wildman–Crippen LogP) is 2.41. The molecule has 5 heteroatoms. The Labute approximate surface area is 115 Å². The monoisotopic (exact) mass is 267 g/mol. The Morgan fingerprint density at radius 3 is 2.47 bits per heavy atom. The lowest BCUT2D eigenvalue weighted by Crippen LogP contribution is -2.18. The summed E-state index contributed by atoms with van der Waals surface area (Å²) in [6.45, 7) is 12.1. The van der Waals surface area contributed by atoms with Crippen LogP contribution in [0.15, 0.2) is 6.07 Å². The van der Waals surface area contributed by atoms with Crippen molar-refractivity contribution in [2.24, 2.45) is 5.92 Å². The minimum absolute atomic E-state index is 0.151. The van der Waals surface area contributed by atoms with Crippen LogP contribution in [0.5, 0.6) is 5.88 Å². The fourth-order valence-corrected chi connectivity index (χ4v) is 1.38. The third-order valence-electron chi connectivity index (χ3n) is 2.32. The third-order valence-corrected chi connectivity index (χ3v) is 2.32. The normalized spacial score (nSPS) is 11.9. The Hall–Kier alpha value is -1.36. The van der Waals surface area contributed by atoms with E-state index >= 15 is 0 Å². The number of aromatic nitrogens is 2. The molecule has 0 aliphatic heterocycles. The van der Waals surface area contributed by atoms with Gasteiger partial charge in [0.15, 0.2) is 0 Å². The van der Waals surface area contributed by atoms with Gasteiger partial charge in [0.05, 0.1) is 6.61 Å². The molecule has 0 fully saturated rings. The van der Waals surface area contributed by atoms with Gasteiger partial charge in [0.25, 0.3) is 0 Å².